The molecular formula is C21H43NO. The van der Waals surface area contributed by atoms with Gasteiger partial charge in [0.15, 0.2) is 0 Å². The van der Waals surface area contributed by atoms with Gasteiger partial charge in [0.1, 0.15) is 6.23 Å². The summed E-state index contributed by atoms with van der Waals surface area (Å²) in [5, 5.41) is 3.48. The van der Waals surface area contributed by atoms with Crippen molar-refractivity contribution in [2.45, 2.75) is 116 Å². The summed E-state index contributed by atoms with van der Waals surface area (Å²) in [6.07, 6.45) is 21.7. The first-order chi connectivity index (χ1) is 11.4. The van der Waals surface area contributed by atoms with Gasteiger partial charge in [0.2, 0.25) is 0 Å². The van der Waals surface area contributed by atoms with E-state index in [9.17, 15) is 0 Å². The highest BCUT2D eigenvalue weighted by atomic mass is 16.5. The van der Waals surface area contributed by atoms with Gasteiger partial charge in [-0.05, 0) is 18.8 Å². The average molecular weight is 326 g/mol. The van der Waals surface area contributed by atoms with E-state index in [0.29, 0.717) is 6.23 Å². The maximum absolute atomic E-state index is 5.76. The van der Waals surface area contributed by atoms with Gasteiger partial charge in [-0.2, -0.15) is 0 Å². The van der Waals surface area contributed by atoms with E-state index in [4.69, 9.17) is 4.74 Å². The van der Waals surface area contributed by atoms with Crippen LogP contribution in [-0.2, 0) is 4.74 Å². The molecule has 1 rings (SSSR count). The monoisotopic (exact) mass is 325 g/mol. The van der Waals surface area contributed by atoms with Crippen LogP contribution in [0.2, 0.25) is 0 Å². The summed E-state index contributed by atoms with van der Waals surface area (Å²) in [5.74, 6) is 0.727. The van der Waals surface area contributed by atoms with E-state index in [-0.39, 0.29) is 0 Å². The Morgan fingerprint density at radius 1 is 0.783 bits per heavy atom. The van der Waals surface area contributed by atoms with Crippen molar-refractivity contribution in [1.82, 2.24) is 5.32 Å². The zero-order valence-corrected chi connectivity index (χ0v) is 16.1. The topological polar surface area (TPSA) is 21.3 Å². The quantitative estimate of drug-likeness (QED) is 0.330. The van der Waals surface area contributed by atoms with Gasteiger partial charge in [-0.3, -0.25) is 5.32 Å². The Bertz CT molecular complexity index is 238. The summed E-state index contributed by atoms with van der Waals surface area (Å²) < 4.78 is 5.76. The second kappa shape index (κ2) is 15.4. The first kappa shape index (κ1) is 21.0. The van der Waals surface area contributed by atoms with Crippen LogP contribution in [0.5, 0.6) is 0 Å². The molecule has 2 heteroatoms. The van der Waals surface area contributed by atoms with E-state index in [1.807, 2.05) is 0 Å². The van der Waals surface area contributed by atoms with Crippen molar-refractivity contribution in [3.63, 3.8) is 0 Å². The van der Waals surface area contributed by atoms with Gasteiger partial charge in [-0.25, -0.2) is 0 Å². The third kappa shape index (κ3) is 11.2. The van der Waals surface area contributed by atoms with Crippen LogP contribution < -0.4 is 5.32 Å². The molecule has 138 valence electrons. The van der Waals surface area contributed by atoms with Gasteiger partial charge in [-0.1, -0.05) is 97.3 Å². The number of hydrogen-bond donors (Lipinski definition) is 1. The van der Waals surface area contributed by atoms with E-state index in [1.165, 1.54) is 96.3 Å². The zero-order chi connectivity index (χ0) is 16.6. The van der Waals surface area contributed by atoms with E-state index in [0.717, 1.165) is 19.1 Å². The lowest BCUT2D eigenvalue weighted by Crippen LogP contribution is -2.31. The van der Waals surface area contributed by atoms with E-state index < -0.39 is 0 Å². The number of ether oxygens (including phenoxy) is 1. The Balaban J connectivity index is 1.79. The zero-order valence-electron chi connectivity index (χ0n) is 16.1. The summed E-state index contributed by atoms with van der Waals surface area (Å²) in [5.41, 5.74) is 0. The van der Waals surface area contributed by atoms with Crippen molar-refractivity contribution >= 4 is 0 Å². The number of nitrogens with one attached hydrogen (secondary N) is 1. The van der Waals surface area contributed by atoms with E-state index in [1.54, 1.807) is 0 Å². The van der Waals surface area contributed by atoms with Crippen LogP contribution in [0.1, 0.15) is 110 Å². The largest absolute Gasteiger partial charge is 0.362 e. The van der Waals surface area contributed by atoms with Crippen molar-refractivity contribution < 1.29 is 4.74 Å². The standard InChI is InChI=1S/C21H43NO/c1-3-5-6-7-8-9-10-11-12-13-14-15-16-17-20(4-2)21-22-18-19-23-21/h20-22H,3-19H2,1-2H3. The van der Waals surface area contributed by atoms with Crippen LogP contribution in [0.25, 0.3) is 0 Å². The predicted molar refractivity (Wildman–Crippen MR) is 102 cm³/mol. The summed E-state index contributed by atoms with van der Waals surface area (Å²) in [6.45, 7) is 6.54. The Morgan fingerprint density at radius 2 is 1.30 bits per heavy atom. The summed E-state index contributed by atoms with van der Waals surface area (Å²) in [7, 11) is 0. The summed E-state index contributed by atoms with van der Waals surface area (Å²) >= 11 is 0. The molecule has 1 N–H and O–H groups in total. The van der Waals surface area contributed by atoms with Crippen LogP contribution in [0.15, 0.2) is 0 Å². The Labute approximate surface area is 146 Å². The number of hydrogen-bond acceptors (Lipinski definition) is 2. The fourth-order valence-corrected chi connectivity index (χ4v) is 3.74. The molecule has 1 heterocycles. The third-order valence-corrected chi connectivity index (χ3v) is 5.38. The molecule has 2 unspecified atom stereocenters. The van der Waals surface area contributed by atoms with Crippen molar-refractivity contribution in [2.24, 2.45) is 5.92 Å². The molecular weight excluding hydrogens is 282 g/mol. The molecule has 1 fully saturated rings. The minimum Gasteiger partial charge on any atom is -0.362 e. The summed E-state index contributed by atoms with van der Waals surface area (Å²) in [6, 6.07) is 0. The molecule has 0 aliphatic carbocycles. The molecule has 0 aromatic heterocycles. The van der Waals surface area contributed by atoms with Crippen molar-refractivity contribution in [3.8, 4) is 0 Å². The van der Waals surface area contributed by atoms with Gasteiger partial charge in [0.05, 0.1) is 6.61 Å². The summed E-state index contributed by atoms with van der Waals surface area (Å²) in [4.78, 5) is 0. The molecule has 0 spiro atoms. The van der Waals surface area contributed by atoms with Crippen molar-refractivity contribution in [1.29, 1.82) is 0 Å². The Hall–Kier alpha value is -0.0800. The number of rotatable bonds is 16. The van der Waals surface area contributed by atoms with Crippen LogP contribution in [0.4, 0.5) is 0 Å². The van der Waals surface area contributed by atoms with Gasteiger partial charge < -0.3 is 4.74 Å². The molecule has 2 atom stereocenters. The van der Waals surface area contributed by atoms with Crippen LogP contribution in [-0.4, -0.2) is 19.4 Å². The molecule has 0 radical (unpaired) electrons. The van der Waals surface area contributed by atoms with Gasteiger partial charge in [0.25, 0.3) is 0 Å². The second-order valence-corrected chi connectivity index (χ2v) is 7.45. The average Bonchev–Trinajstić information content (AvgIpc) is 3.09. The van der Waals surface area contributed by atoms with Gasteiger partial charge >= 0.3 is 0 Å². The Kier molecular flexibility index (Phi) is 14.1. The molecule has 0 aromatic rings. The normalized spacial score (nSPS) is 19.3. The molecule has 1 aliphatic rings. The van der Waals surface area contributed by atoms with Crippen molar-refractivity contribution in [3.05, 3.63) is 0 Å². The lowest BCUT2D eigenvalue weighted by Gasteiger charge is -2.21. The van der Waals surface area contributed by atoms with Crippen LogP contribution in [0, 0.1) is 5.92 Å². The van der Waals surface area contributed by atoms with Crippen LogP contribution in [0.3, 0.4) is 0 Å². The molecule has 0 aromatic carbocycles. The molecule has 2 nitrogen and oxygen atoms in total. The van der Waals surface area contributed by atoms with Crippen molar-refractivity contribution in [2.75, 3.05) is 13.2 Å². The van der Waals surface area contributed by atoms with E-state index in [2.05, 4.69) is 19.2 Å². The van der Waals surface area contributed by atoms with E-state index >= 15 is 0 Å². The highest BCUT2D eigenvalue weighted by Crippen LogP contribution is 2.21. The number of unbranched alkanes of at least 4 members (excludes halogenated alkanes) is 12. The molecule has 0 bridgehead atoms. The fraction of sp³-hybridized carbons (Fsp3) is 1.00. The molecule has 1 saturated heterocycles. The first-order valence-corrected chi connectivity index (χ1v) is 10.7. The molecule has 1 aliphatic heterocycles. The van der Waals surface area contributed by atoms with Crippen LogP contribution >= 0.6 is 0 Å². The lowest BCUT2D eigenvalue weighted by atomic mass is 9.96. The van der Waals surface area contributed by atoms with Gasteiger partial charge in [-0.15, -0.1) is 0 Å². The first-order valence-electron chi connectivity index (χ1n) is 10.7. The molecule has 0 amide bonds. The smallest absolute Gasteiger partial charge is 0.111 e. The maximum atomic E-state index is 5.76. The van der Waals surface area contributed by atoms with Gasteiger partial charge in [0, 0.05) is 6.54 Å². The minimum absolute atomic E-state index is 0.345. The highest BCUT2D eigenvalue weighted by molar-refractivity contribution is 4.72. The predicted octanol–water partition coefficient (Wildman–Crippen LogP) is 6.44. The third-order valence-electron chi connectivity index (χ3n) is 5.38. The second-order valence-electron chi connectivity index (χ2n) is 7.45. The lowest BCUT2D eigenvalue weighted by molar-refractivity contribution is 0.0458. The minimum atomic E-state index is 0.345. The molecule has 23 heavy (non-hydrogen) atoms. The fourth-order valence-electron chi connectivity index (χ4n) is 3.74. The molecule has 0 saturated carbocycles. The Morgan fingerprint density at radius 3 is 1.74 bits per heavy atom. The SMILES string of the molecule is CCCCCCCCCCCCCCCC(CC)C1NCCO1. The maximum Gasteiger partial charge on any atom is 0.111 e. The highest BCUT2D eigenvalue weighted by Gasteiger charge is 2.23.